The van der Waals surface area contributed by atoms with Crippen molar-refractivity contribution in [2.75, 3.05) is 26.4 Å². The normalized spacial score (nSPS) is 21.7. The summed E-state index contributed by atoms with van der Waals surface area (Å²) in [5, 5.41) is 12.6. The zero-order valence-corrected chi connectivity index (χ0v) is 60.3. The lowest BCUT2D eigenvalue weighted by Crippen LogP contribution is -2.51. The van der Waals surface area contributed by atoms with E-state index in [1.807, 2.05) is 0 Å². The Balaban J connectivity index is 0.00000600. The van der Waals surface area contributed by atoms with Crippen LogP contribution in [-0.2, 0) is 74.3 Å². The maximum atomic E-state index is 14.5. The van der Waals surface area contributed by atoms with Crippen molar-refractivity contribution in [3.05, 3.63) is 98.3 Å². The summed E-state index contributed by atoms with van der Waals surface area (Å²) in [5.74, 6) is -5.33. The number of allylic oxidation sites excluding steroid dienone is 1. The number of hydrogen-bond acceptors (Lipinski definition) is 33. The first-order chi connectivity index (χ1) is 47.8. The first-order valence-corrected chi connectivity index (χ1v) is 38.9. The molecule has 3 fully saturated rings. The van der Waals surface area contributed by atoms with E-state index in [9.17, 15) is 79.7 Å². The second-order valence-corrected chi connectivity index (χ2v) is 31.2. The molecular formula is C64H70O32S6-6. The van der Waals surface area contributed by atoms with Crippen LogP contribution in [0, 0.1) is 53.3 Å². The Morgan fingerprint density at radius 3 is 1.66 bits per heavy atom. The molecule has 38 heteroatoms. The molecular weight excluding hydrogens is 1470 g/mol. The lowest BCUT2D eigenvalue weighted by atomic mass is 9.47. The van der Waals surface area contributed by atoms with Gasteiger partial charge in [-0.2, -0.15) is 4.21 Å². The Hall–Kier alpha value is -7.31. The predicted octanol–water partition coefficient (Wildman–Crippen LogP) is 8.03. The maximum absolute atomic E-state index is 14.5. The summed E-state index contributed by atoms with van der Waals surface area (Å²) in [6, 6.07) is 8.88. The van der Waals surface area contributed by atoms with E-state index in [0.717, 1.165) is 67.7 Å². The molecule has 0 bridgehead atoms. The minimum Gasteiger partial charge on any atom is -0.716 e. The number of fused-ring (bicyclic) bond motifs is 7. The van der Waals surface area contributed by atoms with Crippen LogP contribution in [0.25, 0.3) is 44.6 Å². The SMILES string of the molecule is Cc1cc(OCCCOc2cc(OS(=O)(=O)[O-])cc3oc(-c4ccc(OO[O-])c(OS(=O)(=O)[O-])c4)c(OS(=O)(=O)[O-])c(=O)c23)c2c(=O)c(OS(=O)(=O)[O-])c(-c3ccc(OS(=O)(=O)[O-])c(OCCCOC4CC[C@@]5(C)C(=CC[C@H]6[C@@H]7CC[C@H]([C@H](C)CCCC(C)C)[C@@]7(C)CC[C@@H]65)C4)c3)oc2c1.O=S. The number of aryl methyl sites for hydroxylation is 1. The van der Waals surface area contributed by atoms with Crippen LogP contribution in [0.1, 0.15) is 124 Å². The van der Waals surface area contributed by atoms with E-state index >= 15 is 0 Å². The molecule has 10 rings (SSSR count). The van der Waals surface area contributed by atoms with Gasteiger partial charge in [-0.3, -0.25) is 9.59 Å². The molecule has 2 heterocycles. The van der Waals surface area contributed by atoms with Gasteiger partial charge in [0.05, 0.1) is 32.5 Å². The molecule has 102 heavy (non-hydrogen) atoms. The summed E-state index contributed by atoms with van der Waals surface area (Å²) in [6.45, 7) is 12.6. The zero-order chi connectivity index (χ0) is 74.7. The van der Waals surface area contributed by atoms with E-state index in [1.54, 1.807) is 0 Å². The molecule has 0 N–H and O–H groups in total. The lowest BCUT2D eigenvalue weighted by Gasteiger charge is -2.58. The number of ether oxygens (including phenoxy) is 4. The van der Waals surface area contributed by atoms with Gasteiger partial charge in [0.2, 0.25) is 28.1 Å². The van der Waals surface area contributed by atoms with Crippen LogP contribution in [0.3, 0.4) is 0 Å². The molecule has 6 aromatic rings. The molecule has 0 amide bonds. The Bertz CT molecular complexity index is 4860. The number of benzene rings is 4. The molecule has 4 aliphatic rings. The minimum absolute atomic E-state index is 0.0636. The monoisotopic (exact) mass is 1540 g/mol. The predicted molar refractivity (Wildman–Crippen MR) is 351 cm³/mol. The van der Waals surface area contributed by atoms with Crippen molar-refractivity contribution < 1.29 is 133 Å². The van der Waals surface area contributed by atoms with Crippen molar-refractivity contribution in [3.63, 3.8) is 0 Å². The van der Waals surface area contributed by atoms with Crippen LogP contribution in [0.2, 0.25) is 0 Å². The molecule has 0 saturated heterocycles. The van der Waals surface area contributed by atoms with Crippen molar-refractivity contribution in [2.45, 2.75) is 131 Å². The van der Waals surface area contributed by atoms with Crippen LogP contribution in [-0.4, -0.2) is 102 Å². The standard InChI is InChI=1S/C64H76O31S5.OS/c1-35(2)10-7-11-37(4)44-16-17-45-43-15-14-40-32-41(20-22-63(40,5)46(43)21-23-64(44,45)6)83-24-8-25-84-49-30-38(13-19-48(49)91-97(71,72)73)59-61(93-99(77,78)79)57(65)55-51(28-36(3)29-53(55)87-59)85-26-9-27-86-52-33-42(90-96(68,69)70)34-54-56(52)58(66)62(94-100(80,81)82)60(88-54)39-12-18-47(89-95-67)50(31-39)92-98(74,75)76;1-2/h12-14,18-19,28-31,33-35,37,41,43-46,67H,7-11,15-17,20-27,32H2,1-6H3,(H,68,69,70)(H,71,72,73)(H,74,75,76)(H,77,78,79)(H,80,81,82);/p-6/t37-,41?,43+,44-,45+,46+,63+,64-;/m1./s1. The third-order valence-corrected chi connectivity index (χ3v) is 21.3. The summed E-state index contributed by atoms with van der Waals surface area (Å²) in [7, 11) is -28.5. The fourth-order valence-corrected chi connectivity index (χ4v) is 17.1. The molecule has 4 aromatic carbocycles. The zero-order valence-electron chi connectivity index (χ0n) is 55.4. The molecule has 0 spiro atoms. The Morgan fingerprint density at radius 1 is 0.559 bits per heavy atom. The van der Waals surface area contributed by atoms with Gasteiger partial charge >= 0.3 is 0 Å². The molecule has 560 valence electrons. The van der Waals surface area contributed by atoms with Gasteiger partial charge in [0.25, 0.3) is 52.0 Å². The summed E-state index contributed by atoms with van der Waals surface area (Å²) >= 11 is 2.83. The quantitative estimate of drug-likeness (QED) is 0.00991. The van der Waals surface area contributed by atoms with Crippen LogP contribution < -0.4 is 56.1 Å². The first-order valence-electron chi connectivity index (χ1n) is 31.9. The van der Waals surface area contributed by atoms with E-state index in [2.05, 4.69) is 75.7 Å². The highest BCUT2D eigenvalue weighted by molar-refractivity contribution is 7.82. The summed E-state index contributed by atoms with van der Waals surface area (Å²) < 4.78 is 245. The fourth-order valence-electron chi connectivity index (χ4n) is 15.3. The van der Waals surface area contributed by atoms with Crippen LogP contribution >= 0.6 is 0 Å². The van der Waals surface area contributed by atoms with E-state index < -0.39 is 156 Å². The molecule has 8 atom stereocenters. The van der Waals surface area contributed by atoms with Gasteiger partial charge < -0.3 is 81.6 Å². The van der Waals surface area contributed by atoms with Gasteiger partial charge in [-0.1, -0.05) is 65.5 Å². The molecule has 3 saturated carbocycles. The van der Waals surface area contributed by atoms with E-state index in [1.165, 1.54) is 69.6 Å². The summed E-state index contributed by atoms with van der Waals surface area (Å²) in [6.07, 6.45) is 15.0. The summed E-state index contributed by atoms with van der Waals surface area (Å²) in [5.41, 5.74) is -2.70. The topological polar surface area (TPSA) is 488 Å². The Labute approximate surface area is 592 Å². The number of rotatable bonds is 31. The second kappa shape index (κ2) is 31.6. The highest BCUT2D eigenvalue weighted by Crippen LogP contribution is 2.67. The largest absolute Gasteiger partial charge is 0.716 e. The Kier molecular flexibility index (Phi) is 24.4. The van der Waals surface area contributed by atoms with Crippen molar-refractivity contribution in [2.24, 2.45) is 46.3 Å². The molecule has 2 aromatic heterocycles. The van der Waals surface area contributed by atoms with Gasteiger partial charge in [-0.05, 0) is 159 Å². The minimum atomic E-state index is -5.93. The van der Waals surface area contributed by atoms with Crippen molar-refractivity contribution in [1.29, 1.82) is 0 Å². The Morgan fingerprint density at radius 2 is 1.09 bits per heavy atom. The van der Waals surface area contributed by atoms with Crippen molar-refractivity contribution >= 4 is 86.5 Å². The third kappa shape index (κ3) is 19.0. The fraction of sp³-hybridized carbons (Fsp3) is 0.500. The molecule has 4 aliphatic carbocycles. The first kappa shape index (κ1) is 78.8. The van der Waals surface area contributed by atoms with E-state index in [4.69, 9.17) is 40.4 Å². The van der Waals surface area contributed by atoms with Crippen LogP contribution in [0.4, 0.5) is 0 Å². The maximum Gasteiger partial charge on any atom is 0.262 e. The number of hydrogen-bond donors (Lipinski definition) is 0. The van der Waals surface area contributed by atoms with Crippen LogP contribution in [0.15, 0.2) is 90.7 Å². The average molecular weight is 1540 g/mol. The third-order valence-electron chi connectivity index (χ3n) is 19.4. The van der Waals surface area contributed by atoms with Gasteiger partial charge in [0.15, 0.2) is 41.3 Å². The van der Waals surface area contributed by atoms with Crippen molar-refractivity contribution in [1.82, 2.24) is 0 Å². The van der Waals surface area contributed by atoms with Gasteiger partial charge in [0.1, 0.15) is 39.2 Å². The average Bonchev–Trinajstić information content (AvgIpc) is 1.42. The van der Waals surface area contributed by atoms with Gasteiger partial charge in [-0.15, -0.1) is 0 Å². The van der Waals surface area contributed by atoms with Crippen LogP contribution in [0.5, 0.6) is 51.7 Å². The summed E-state index contributed by atoms with van der Waals surface area (Å²) in [4.78, 5) is 32.9. The smallest absolute Gasteiger partial charge is 0.262 e. The molecule has 32 nitrogen and oxygen atoms in total. The lowest BCUT2D eigenvalue weighted by molar-refractivity contribution is -0.778. The van der Waals surface area contributed by atoms with Crippen molar-refractivity contribution in [3.8, 4) is 74.4 Å². The second-order valence-electron chi connectivity index (χ2n) is 26.3. The highest BCUT2D eigenvalue weighted by atomic mass is 32.3. The highest BCUT2D eigenvalue weighted by Gasteiger charge is 2.59. The van der Waals surface area contributed by atoms with Gasteiger partial charge in [0, 0.05) is 36.1 Å². The van der Waals surface area contributed by atoms with E-state index in [-0.39, 0.29) is 54.5 Å². The van der Waals surface area contributed by atoms with E-state index in [0.29, 0.717) is 53.0 Å². The molecule has 0 radical (unpaired) electrons. The van der Waals surface area contributed by atoms with Gasteiger partial charge in [-0.25, -0.2) is 47.1 Å². The molecule has 0 aliphatic heterocycles. The molecule has 1 unspecified atom stereocenters.